The largest absolute Gasteiger partial charge is 0.467 e. The minimum atomic E-state index is -0.479. The third-order valence-electron chi connectivity index (χ3n) is 2.99. The van der Waals surface area contributed by atoms with Gasteiger partial charge in [-0.1, -0.05) is 0 Å². The van der Waals surface area contributed by atoms with Crippen LogP contribution in [-0.2, 0) is 20.9 Å². The lowest BCUT2D eigenvalue weighted by atomic mass is 10.0. The zero-order chi connectivity index (χ0) is 13.0. The van der Waals surface area contributed by atoms with Crippen LogP contribution >= 0.6 is 0 Å². The summed E-state index contributed by atoms with van der Waals surface area (Å²) in [7, 11) is 1.33. The highest BCUT2D eigenvalue weighted by Crippen LogP contribution is 2.18. The zero-order valence-corrected chi connectivity index (χ0v) is 10.2. The molecule has 0 aliphatic carbocycles. The SMILES string of the molecule is COC(=O)C1CCCCN1C(=O)Cn1cnnn1. The van der Waals surface area contributed by atoms with E-state index >= 15 is 0 Å². The lowest BCUT2D eigenvalue weighted by Gasteiger charge is -2.33. The van der Waals surface area contributed by atoms with Gasteiger partial charge in [0.05, 0.1) is 7.11 Å². The molecular weight excluding hydrogens is 238 g/mol. The lowest BCUT2D eigenvalue weighted by Crippen LogP contribution is -2.49. The normalized spacial score (nSPS) is 19.6. The number of esters is 1. The van der Waals surface area contributed by atoms with Gasteiger partial charge in [0.15, 0.2) is 0 Å². The van der Waals surface area contributed by atoms with Crippen LogP contribution in [0.25, 0.3) is 0 Å². The molecule has 0 radical (unpaired) electrons. The molecule has 0 bridgehead atoms. The van der Waals surface area contributed by atoms with Gasteiger partial charge in [-0.15, -0.1) is 5.10 Å². The molecule has 1 aliphatic heterocycles. The van der Waals surface area contributed by atoms with Crippen molar-refractivity contribution >= 4 is 11.9 Å². The Morgan fingerprint density at radius 2 is 2.28 bits per heavy atom. The Balaban J connectivity index is 2.04. The number of carbonyl (C=O) groups is 2. The second-order valence-electron chi connectivity index (χ2n) is 4.13. The first-order valence-corrected chi connectivity index (χ1v) is 5.80. The molecule has 1 fully saturated rings. The van der Waals surface area contributed by atoms with Crippen molar-refractivity contribution in [3.8, 4) is 0 Å². The summed E-state index contributed by atoms with van der Waals surface area (Å²) in [5.41, 5.74) is 0. The van der Waals surface area contributed by atoms with Gasteiger partial charge in [0.25, 0.3) is 0 Å². The molecule has 2 heterocycles. The number of amides is 1. The van der Waals surface area contributed by atoms with Crippen LogP contribution in [0.4, 0.5) is 0 Å². The number of nitrogens with zero attached hydrogens (tertiary/aromatic N) is 5. The smallest absolute Gasteiger partial charge is 0.328 e. The van der Waals surface area contributed by atoms with Crippen LogP contribution in [0, 0.1) is 0 Å². The van der Waals surface area contributed by atoms with E-state index in [2.05, 4.69) is 15.5 Å². The van der Waals surface area contributed by atoms with E-state index in [1.165, 1.54) is 18.1 Å². The summed E-state index contributed by atoms with van der Waals surface area (Å²) in [5.74, 6) is -0.530. The Hall–Kier alpha value is -1.99. The molecule has 1 aromatic rings. The molecule has 2 rings (SSSR count). The Labute approximate surface area is 104 Å². The molecular formula is C10H15N5O3. The van der Waals surface area contributed by atoms with Crippen molar-refractivity contribution in [1.29, 1.82) is 0 Å². The maximum atomic E-state index is 12.1. The van der Waals surface area contributed by atoms with Crippen LogP contribution < -0.4 is 0 Å². The number of aromatic nitrogens is 4. The van der Waals surface area contributed by atoms with Gasteiger partial charge in [0.2, 0.25) is 5.91 Å². The van der Waals surface area contributed by atoms with E-state index in [1.807, 2.05) is 0 Å². The summed E-state index contributed by atoms with van der Waals surface area (Å²) in [4.78, 5) is 25.3. The van der Waals surface area contributed by atoms with Crippen molar-refractivity contribution in [2.75, 3.05) is 13.7 Å². The van der Waals surface area contributed by atoms with Gasteiger partial charge in [-0.3, -0.25) is 4.79 Å². The fraction of sp³-hybridized carbons (Fsp3) is 0.700. The number of ether oxygens (including phenoxy) is 1. The molecule has 1 atom stereocenters. The van der Waals surface area contributed by atoms with Crippen molar-refractivity contribution < 1.29 is 14.3 Å². The average Bonchev–Trinajstić information content (AvgIpc) is 2.90. The van der Waals surface area contributed by atoms with Gasteiger partial charge in [-0.2, -0.15) is 0 Å². The molecule has 1 aliphatic rings. The molecule has 8 nitrogen and oxygen atoms in total. The fourth-order valence-electron chi connectivity index (χ4n) is 2.09. The minimum Gasteiger partial charge on any atom is -0.467 e. The van der Waals surface area contributed by atoms with Crippen LogP contribution in [0.5, 0.6) is 0 Å². The number of tetrazole rings is 1. The first kappa shape index (κ1) is 12.5. The maximum absolute atomic E-state index is 12.1. The van der Waals surface area contributed by atoms with Crippen molar-refractivity contribution in [3.05, 3.63) is 6.33 Å². The molecule has 8 heteroatoms. The zero-order valence-electron chi connectivity index (χ0n) is 10.2. The molecule has 0 N–H and O–H groups in total. The summed E-state index contributed by atoms with van der Waals surface area (Å²) < 4.78 is 6.06. The topological polar surface area (TPSA) is 90.2 Å². The predicted octanol–water partition coefficient (Wildman–Crippen LogP) is -0.773. The number of methoxy groups -OCH3 is 1. The van der Waals surface area contributed by atoms with Crippen LogP contribution in [-0.4, -0.2) is 56.7 Å². The van der Waals surface area contributed by atoms with E-state index in [4.69, 9.17) is 4.74 Å². The van der Waals surface area contributed by atoms with Crippen molar-refractivity contribution in [2.24, 2.45) is 0 Å². The number of carbonyl (C=O) groups excluding carboxylic acids is 2. The molecule has 1 amide bonds. The monoisotopic (exact) mass is 253 g/mol. The third kappa shape index (κ3) is 2.63. The number of piperidine rings is 1. The van der Waals surface area contributed by atoms with E-state index in [9.17, 15) is 9.59 Å². The first-order chi connectivity index (χ1) is 8.72. The predicted molar refractivity (Wildman–Crippen MR) is 59.2 cm³/mol. The standard InChI is InChI=1S/C10H15N5O3/c1-18-10(17)8-4-2-3-5-15(8)9(16)6-14-7-11-12-13-14/h7-8H,2-6H2,1H3. The summed E-state index contributed by atoms with van der Waals surface area (Å²) in [6.07, 6.45) is 3.84. The average molecular weight is 253 g/mol. The van der Waals surface area contributed by atoms with E-state index in [-0.39, 0.29) is 18.4 Å². The Bertz CT molecular complexity index is 419. The van der Waals surface area contributed by atoms with Gasteiger partial charge in [-0.25, -0.2) is 9.48 Å². The molecule has 1 unspecified atom stereocenters. The summed E-state index contributed by atoms with van der Waals surface area (Å²) in [5, 5.41) is 10.6. The number of hydrogen-bond donors (Lipinski definition) is 0. The Morgan fingerprint density at radius 1 is 1.44 bits per heavy atom. The highest BCUT2D eigenvalue weighted by molar-refractivity contribution is 5.84. The van der Waals surface area contributed by atoms with Crippen LogP contribution in [0.3, 0.4) is 0 Å². The first-order valence-electron chi connectivity index (χ1n) is 5.80. The van der Waals surface area contributed by atoms with E-state index in [1.54, 1.807) is 4.90 Å². The quantitative estimate of drug-likeness (QED) is 0.657. The third-order valence-corrected chi connectivity index (χ3v) is 2.99. The van der Waals surface area contributed by atoms with Crippen LogP contribution in [0.15, 0.2) is 6.33 Å². The van der Waals surface area contributed by atoms with E-state index in [0.29, 0.717) is 13.0 Å². The van der Waals surface area contributed by atoms with Crippen molar-refractivity contribution in [3.63, 3.8) is 0 Å². The van der Waals surface area contributed by atoms with Gasteiger partial charge < -0.3 is 9.64 Å². The van der Waals surface area contributed by atoms with Crippen molar-refractivity contribution in [2.45, 2.75) is 31.8 Å². The van der Waals surface area contributed by atoms with Gasteiger partial charge in [0.1, 0.15) is 18.9 Å². The number of likely N-dealkylation sites (tertiary alicyclic amines) is 1. The molecule has 1 saturated heterocycles. The number of rotatable bonds is 3. The molecule has 0 saturated carbocycles. The van der Waals surface area contributed by atoms with E-state index in [0.717, 1.165) is 12.8 Å². The maximum Gasteiger partial charge on any atom is 0.328 e. The summed E-state index contributed by atoms with van der Waals surface area (Å²) in [6, 6.07) is -0.479. The molecule has 98 valence electrons. The van der Waals surface area contributed by atoms with Gasteiger partial charge in [0, 0.05) is 6.54 Å². The molecule has 18 heavy (non-hydrogen) atoms. The second kappa shape index (κ2) is 5.56. The molecule has 0 spiro atoms. The van der Waals surface area contributed by atoms with Crippen LogP contribution in [0.2, 0.25) is 0 Å². The number of hydrogen-bond acceptors (Lipinski definition) is 6. The Morgan fingerprint density at radius 3 is 2.94 bits per heavy atom. The van der Waals surface area contributed by atoms with E-state index < -0.39 is 6.04 Å². The summed E-state index contributed by atoms with van der Waals surface area (Å²) in [6.45, 7) is 0.612. The minimum absolute atomic E-state index is 0.0422. The van der Waals surface area contributed by atoms with Gasteiger partial charge >= 0.3 is 5.97 Å². The second-order valence-corrected chi connectivity index (χ2v) is 4.13. The highest BCUT2D eigenvalue weighted by Gasteiger charge is 2.32. The van der Waals surface area contributed by atoms with Crippen molar-refractivity contribution in [1.82, 2.24) is 25.1 Å². The lowest BCUT2D eigenvalue weighted by molar-refractivity contribution is -0.155. The molecule has 1 aromatic heterocycles. The Kier molecular flexibility index (Phi) is 3.85. The van der Waals surface area contributed by atoms with Gasteiger partial charge in [-0.05, 0) is 29.7 Å². The molecule has 0 aromatic carbocycles. The highest BCUT2D eigenvalue weighted by atomic mass is 16.5. The summed E-state index contributed by atoms with van der Waals surface area (Å²) >= 11 is 0. The van der Waals surface area contributed by atoms with Crippen LogP contribution in [0.1, 0.15) is 19.3 Å². The fourth-order valence-corrected chi connectivity index (χ4v) is 2.09.